The molecule has 1 fully saturated rings. The van der Waals surface area contributed by atoms with Crippen molar-refractivity contribution in [2.45, 2.75) is 64.6 Å². The number of hydrogen-bond donors (Lipinski definition) is 1. The molecule has 0 saturated carbocycles. The fourth-order valence-corrected chi connectivity index (χ4v) is 3.16. The highest BCUT2D eigenvalue weighted by Crippen LogP contribution is 2.36. The number of nitrogens with two attached hydrogens (primary N) is 1. The van der Waals surface area contributed by atoms with Gasteiger partial charge in [0.25, 0.3) is 0 Å². The molecule has 2 nitrogen and oxygen atoms in total. The van der Waals surface area contributed by atoms with Crippen molar-refractivity contribution in [1.29, 1.82) is 0 Å². The maximum atomic E-state index is 6.27. The molecule has 1 aromatic rings. The second-order valence-corrected chi connectivity index (χ2v) is 5.47. The second kappa shape index (κ2) is 5.75. The topological polar surface area (TPSA) is 29.3 Å². The Balaban J connectivity index is 2.37. The minimum Gasteiger partial charge on any atom is -0.366 e. The number of rotatable bonds is 4. The molecule has 0 radical (unpaired) electrons. The summed E-state index contributed by atoms with van der Waals surface area (Å²) in [7, 11) is 0. The van der Waals surface area contributed by atoms with Crippen molar-refractivity contribution in [2.24, 2.45) is 5.73 Å². The minimum absolute atomic E-state index is 0.159. The molecule has 1 saturated heterocycles. The quantitative estimate of drug-likeness (QED) is 0.874. The molecular formula is C16H26N2. The number of nitrogens with zero attached hydrogens (tertiary/aromatic N) is 1. The van der Waals surface area contributed by atoms with E-state index in [9.17, 15) is 0 Å². The Morgan fingerprint density at radius 2 is 2.00 bits per heavy atom. The van der Waals surface area contributed by atoms with Crippen molar-refractivity contribution in [2.75, 3.05) is 4.90 Å². The van der Waals surface area contributed by atoms with E-state index in [0.29, 0.717) is 12.1 Å². The molecule has 1 aromatic carbocycles. The van der Waals surface area contributed by atoms with Gasteiger partial charge in [0.15, 0.2) is 0 Å². The van der Waals surface area contributed by atoms with Crippen molar-refractivity contribution in [3.63, 3.8) is 0 Å². The summed E-state index contributed by atoms with van der Waals surface area (Å²) in [6.07, 6.45) is 4.83. The predicted molar refractivity (Wildman–Crippen MR) is 78.9 cm³/mol. The molecule has 3 atom stereocenters. The van der Waals surface area contributed by atoms with Gasteiger partial charge in [-0.25, -0.2) is 0 Å². The lowest BCUT2D eigenvalue weighted by Gasteiger charge is -2.33. The van der Waals surface area contributed by atoms with E-state index < -0.39 is 0 Å². The first kappa shape index (κ1) is 13.4. The van der Waals surface area contributed by atoms with Gasteiger partial charge in [-0.2, -0.15) is 0 Å². The van der Waals surface area contributed by atoms with Crippen LogP contribution >= 0.6 is 0 Å². The lowest BCUT2D eigenvalue weighted by atomic mass is 10.0. The monoisotopic (exact) mass is 246 g/mol. The van der Waals surface area contributed by atoms with Crippen LogP contribution in [0.2, 0.25) is 0 Å². The van der Waals surface area contributed by atoms with Gasteiger partial charge in [0, 0.05) is 23.8 Å². The number of benzene rings is 1. The van der Waals surface area contributed by atoms with Crippen LogP contribution in [0.15, 0.2) is 24.3 Å². The lowest BCUT2D eigenvalue weighted by molar-refractivity contribution is 0.616. The summed E-state index contributed by atoms with van der Waals surface area (Å²) >= 11 is 0. The lowest BCUT2D eigenvalue weighted by Crippen LogP contribution is -2.35. The Kier molecular flexibility index (Phi) is 4.28. The maximum absolute atomic E-state index is 6.27. The van der Waals surface area contributed by atoms with E-state index in [1.165, 1.54) is 30.5 Å². The fraction of sp³-hybridized carbons (Fsp3) is 0.625. The summed E-state index contributed by atoms with van der Waals surface area (Å²) in [5.41, 5.74) is 8.95. The summed E-state index contributed by atoms with van der Waals surface area (Å²) in [6.45, 7) is 6.79. The number of anilines is 1. The molecule has 2 rings (SSSR count). The van der Waals surface area contributed by atoms with E-state index >= 15 is 0 Å². The molecule has 18 heavy (non-hydrogen) atoms. The highest BCUT2D eigenvalue weighted by atomic mass is 15.2. The molecule has 100 valence electrons. The normalized spacial score (nSPS) is 25.4. The Labute approximate surface area is 111 Å². The molecule has 2 heteroatoms. The van der Waals surface area contributed by atoms with Gasteiger partial charge in [-0.3, -0.25) is 0 Å². The van der Waals surface area contributed by atoms with E-state index in [4.69, 9.17) is 5.73 Å². The largest absolute Gasteiger partial charge is 0.366 e. The first-order valence-electron chi connectivity index (χ1n) is 7.31. The van der Waals surface area contributed by atoms with Gasteiger partial charge in [-0.05, 0) is 44.2 Å². The van der Waals surface area contributed by atoms with Crippen molar-refractivity contribution in [3.8, 4) is 0 Å². The van der Waals surface area contributed by atoms with Crippen molar-refractivity contribution in [3.05, 3.63) is 29.8 Å². The molecule has 0 aliphatic carbocycles. The van der Waals surface area contributed by atoms with Crippen molar-refractivity contribution >= 4 is 5.69 Å². The van der Waals surface area contributed by atoms with Crippen LogP contribution in [0.3, 0.4) is 0 Å². The molecule has 0 bridgehead atoms. The Bertz CT molecular complexity index is 388. The van der Waals surface area contributed by atoms with E-state index in [-0.39, 0.29) is 6.04 Å². The van der Waals surface area contributed by atoms with E-state index in [1.807, 2.05) is 0 Å². The summed E-state index contributed by atoms with van der Waals surface area (Å²) in [4.78, 5) is 2.60. The van der Waals surface area contributed by atoms with Crippen molar-refractivity contribution in [1.82, 2.24) is 0 Å². The van der Waals surface area contributed by atoms with Crippen LogP contribution in [-0.4, -0.2) is 12.1 Å². The smallest absolute Gasteiger partial charge is 0.0419 e. The third kappa shape index (κ3) is 2.39. The van der Waals surface area contributed by atoms with Crippen LogP contribution < -0.4 is 10.6 Å². The zero-order valence-corrected chi connectivity index (χ0v) is 11.9. The SMILES string of the molecule is CCC1CCC(C)N1c1ccccc1[C@@H](N)CC. The van der Waals surface area contributed by atoms with Gasteiger partial charge in [-0.15, -0.1) is 0 Å². The second-order valence-electron chi connectivity index (χ2n) is 5.47. The summed E-state index contributed by atoms with van der Waals surface area (Å²) in [6, 6.07) is 10.2. The van der Waals surface area contributed by atoms with Crippen LogP contribution in [0, 0.1) is 0 Å². The highest BCUT2D eigenvalue weighted by Gasteiger charge is 2.31. The van der Waals surface area contributed by atoms with Gasteiger partial charge in [0.2, 0.25) is 0 Å². The van der Waals surface area contributed by atoms with E-state index in [2.05, 4.69) is 49.9 Å². The fourth-order valence-electron chi connectivity index (χ4n) is 3.16. The Morgan fingerprint density at radius 1 is 1.28 bits per heavy atom. The molecule has 2 unspecified atom stereocenters. The molecule has 0 spiro atoms. The highest BCUT2D eigenvalue weighted by molar-refractivity contribution is 5.57. The van der Waals surface area contributed by atoms with Gasteiger partial charge in [0.05, 0.1) is 0 Å². The minimum atomic E-state index is 0.159. The standard InChI is InChI=1S/C16H26N2/c1-4-13-11-10-12(3)18(13)16-9-7-6-8-14(16)15(17)5-2/h6-9,12-13,15H,4-5,10-11,17H2,1-3H3/t12?,13?,15-/m0/s1. The van der Waals surface area contributed by atoms with E-state index in [1.54, 1.807) is 0 Å². The third-order valence-corrected chi connectivity index (χ3v) is 4.31. The van der Waals surface area contributed by atoms with Crippen LogP contribution in [-0.2, 0) is 0 Å². The van der Waals surface area contributed by atoms with Crippen LogP contribution in [0.4, 0.5) is 5.69 Å². The summed E-state index contributed by atoms with van der Waals surface area (Å²) < 4.78 is 0. The third-order valence-electron chi connectivity index (χ3n) is 4.31. The zero-order valence-electron chi connectivity index (χ0n) is 11.9. The molecule has 0 amide bonds. The molecule has 1 heterocycles. The zero-order chi connectivity index (χ0) is 13.1. The number of para-hydroxylation sites is 1. The Morgan fingerprint density at radius 3 is 2.67 bits per heavy atom. The van der Waals surface area contributed by atoms with Crippen LogP contribution in [0.1, 0.15) is 58.1 Å². The average molecular weight is 246 g/mol. The predicted octanol–water partition coefficient (Wildman–Crippen LogP) is 3.86. The molecule has 2 N–H and O–H groups in total. The summed E-state index contributed by atoms with van der Waals surface area (Å²) in [5.74, 6) is 0. The van der Waals surface area contributed by atoms with Crippen molar-refractivity contribution < 1.29 is 0 Å². The van der Waals surface area contributed by atoms with E-state index in [0.717, 1.165) is 6.42 Å². The van der Waals surface area contributed by atoms with Gasteiger partial charge in [0.1, 0.15) is 0 Å². The average Bonchev–Trinajstić information content (AvgIpc) is 2.78. The van der Waals surface area contributed by atoms with Gasteiger partial charge in [-0.1, -0.05) is 32.0 Å². The first-order chi connectivity index (χ1) is 8.69. The molecular weight excluding hydrogens is 220 g/mol. The Hall–Kier alpha value is -1.02. The summed E-state index contributed by atoms with van der Waals surface area (Å²) in [5, 5.41) is 0. The first-order valence-corrected chi connectivity index (χ1v) is 7.31. The number of hydrogen-bond acceptors (Lipinski definition) is 2. The molecule has 1 aliphatic rings. The maximum Gasteiger partial charge on any atom is 0.0419 e. The molecule has 1 aliphatic heterocycles. The molecule has 0 aromatic heterocycles. The van der Waals surface area contributed by atoms with Gasteiger partial charge >= 0.3 is 0 Å². The van der Waals surface area contributed by atoms with Gasteiger partial charge < -0.3 is 10.6 Å². The van der Waals surface area contributed by atoms with Crippen LogP contribution in [0.5, 0.6) is 0 Å². The van der Waals surface area contributed by atoms with Crippen LogP contribution in [0.25, 0.3) is 0 Å².